The summed E-state index contributed by atoms with van der Waals surface area (Å²) >= 11 is 0. The Hall–Kier alpha value is -9.56. The van der Waals surface area contributed by atoms with Crippen LogP contribution in [0.2, 0.25) is 0 Å². The molecule has 0 spiro atoms. The number of aromatic nitrogens is 1. The Bertz CT molecular complexity index is 3650. The van der Waals surface area contributed by atoms with Crippen LogP contribution >= 0.6 is 0 Å². The summed E-state index contributed by atoms with van der Waals surface area (Å²) in [6, 6.07) is 117. The van der Waals surface area contributed by atoms with E-state index in [0.29, 0.717) is 0 Å². The molecule has 0 saturated heterocycles. The van der Waals surface area contributed by atoms with Crippen molar-refractivity contribution < 1.29 is 0 Å². The van der Waals surface area contributed by atoms with Crippen molar-refractivity contribution in [3.63, 3.8) is 0 Å². The van der Waals surface area contributed by atoms with Crippen LogP contribution in [-0.4, -0.2) is 4.57 Å². The van der Waals surface area contributed by atoms with Crippen molar-refractivity contribution in [1.82, 2.24) is 4.57 Å². The molecule has 1 heteroatoms. The maximum absolute atomic E-state index is 2.43. The molecule has 0 saturated carbocycles. The largest absolute Gasteiger partial charge is 0.309 e. The highest BCUT2D eigenvalue weighted by molar-refractivity contribution is 6.05. The molecule has 0 N–H and O–H groups in total. The van der Waals surface area contributed by atoms with Crippen molar-refractivity contribution in [2.75, 3.05) is 0 Å². The van der Waals surface area contributed by atoms with Gasteiger partial charge in [0.05, 0.1) is 11.4 Å². The molecule has 1 heterocycles. The Morgan fingerprint density at radius 3 is 0.947 bits per heavy atom. The van der Waals surface area contributed by atoms with Gasteiger partial charge in [0, 0.05) is 17.5 Å². The van der Waals surface area contributed by atoms with Crippen LogP contribution in [0.25, 0.3) is 61.6 Å². The van der Waals surface area contributed by atoms with E-state index in [1.807, 2.05) is 0 Å². The molecule has 11 aromatic carbocycles. The summed E-state index contributed by atoms with van der Waals surface area (Å²) in [6.45, 7) is 0. The highest BCUT2D eigenvalue weighted by Gasteiger charge is 2.28. The lowest BCUT2D eigenvalue weighted by Gasteiger charge is -2.29. The van der Waals surface area contributed by atoms with E-state index in [-0.39, 0.29) is 11.8 Å². The number of nitrogens with zero attached hydrogens (tertiary/aromatic N) is 1. The summed E-state index contributed by atoms with van der Waals surface area (Å²) in [5.74, 6) is 0.174. The number of benzene rings is 11. The van der Waals surface area contributed by atoms with Crippen molar-refractivity contribution in [1.29, 1.82) is 0 Å². The molecule has 1 atom stereocenters. The number of hydrogen-bond acceptors (Lipinski definition) is 0. The fraction of sp³-hybridized carbons (Fsp3) is 0.0270. The fourth-order valence-corrected chi connectivity index (χ4v) is 11.1. The molecule has 1 unspecified atom stereocenters. The second-order valence-corrected chi connectivity index (χ2v) is 19.1. The maximum atomic E-state index is 2.43. The van der Waals surface area contributed by atoms with Crippen LogP contribution in [0, 0.1) is 0 Å². The zero-order chi connectivity index (χ0) is 50.2. The fourth-order valence-electron chi connectivity index (χ4n) is 11.1. The summed E-state index contributed by atoms with van der Waals surface area (Å²) < 4.78 is 2.40. The average Bonchev–Trinajstić information content (AvgIpc) is 3.95. The Balaban J connectivity index is 1.05. The molecule has 0 aliphatic heterocycles. The van der Waals surface area contributed by atoms with E-state index in [2.05, 4.69) is 326 Å². The van der Waals surface area contributed by atoms with Gasteiger partial charge in [0.1, 0.15) is 0 Å². The molecule has 75 heavy (non-hydrogen) atoms. The molecule has 1 aromatic heterocycles. The van der Waals surface area contributed by atoms with Crippen LogP contribution in [0.15, 0.2) is 322 Å². The minimum absolute atomic E-state index is 0.0719. The molecule has 356 valence electrons. The smallest absolute Gasteiger partial charge is 0.0535 e. The Labute approximate surface area is 441 Å². The van der Waals surface area contributed by atoms with Gasteiger partial charge in [0.15, 0.2) is 0 Å². The topological polar surface area (TPSA) is 4.93 Å². The highest BCUT2D eigenvalue weighted by Crippen LogP contribution is 2.45. The van der Waals surface area contributed by atoms with Gasteiger partial charge in [0.25, 0.3) is 0 Å². The van der Waals surface area contributed by atoms with E-state index in [1.54, 1.807) is 0 Å². The SMILES string of the molecule is c1ccc(C(=C(c2ccccc2)c2ccc(-c3ccc(C(c4ccccc4)C(c4ccccc4)c4ccccc4)cc3)c(-c3ccc(-n4c(-c5ccccc5)ccc4-c4ccccc4)cc3)c2)c2ccccc2)cc1. The van der Waals surface area contributed by atoms with Gasteiger partial charge in [-0.2, -0.15) is 0 Å². The van der Waals surface area contributed by atoms with Gasteiger partial charge in [-0.3, -0.25) is 0 Å². The van der Waals surface area contributed by atoms with Gasteiger partial charge < -0.3 is 4.57 Å². The standard InChI is InChI=1S/C74H55N/c1-9-25-56(26-10-1)69-51-52-70(57-27-11-2-12-28-57)75(69)66-48-45-55(46-49-66)68-53-65(74(63-39-23-8-24-40-63)72(60-33-17-5-18-34-60)61-35-19-6-20-36-61)47-50-67(68)54-41-43-64(44-42-54)73(62-37-21-7-22-38-62)71(58-29-13-3-14-30-58)59-31-15-4-16-32-59/h1-53,71,73H. The molecule has 0 radical (unpaired) electrons. The first-order chi connectivity index (χ1) is 37.2. The first-order valence-electron chi connectivity index (χ1n) is 26.0. The minimum Gasteiger partial charge on any atom is -0.309 e. The molecule has 1 nitrogen and oxygen atoms in total. The van der Waals surface area contributed by atoms with Gasteiger partial charge >= 0.3 is 0 Å². The molecular weight excluding hydrogens is 903 g/mol. The molecule has 0 amide bonds. The highest BCUT2D eigenvalue weighted by atomic mass is 15.0. The van der Waals surface area contributed by atoms with Crippen molar-refractivity contribution in [3.05, 3.63) is 366 Å². The van der Waals surface area contributed by atoms with Gasteiger partial charge in [0.2, 0.25) is 0 Å². The van der Waals surface area contributed by atoms with Crippen molar-refractivity contribution >= 4 is 11.1 Å². The van der Waals surface area contributed by atoms with E-state index in [0.717, 1.165) is 44.9 Å². The predicted octanol–water partition coefficient (Wildman–Crippen LogP) is 19.1. The minimum atomic E-state index is 0.0719. The summed E-state index contributed by atoms with van der Waals surface area (Å²) in [6.07, 6.45) is 0. The molecule has 0 aliphatic carbocycles. The molecular formula is C74H55N. The summed E-state index contributed by atoms with van der Waals surface area (Å²) in [4.78, 5) is 0. The second kappa shape index (κ2) is 21.7. The van der Waals surface area contributed by atoms with E-state index in [1.165, 1.54) is 61.2 Å². The zero-order valence-electron chi connectivity index (χ0n) is 41.7. The zero-order valence-corrected chi connectivity index (χ0v) is 41.7. The van der Waals surface area contributed by atoms with Crippen LogP contribution in [0.3, 0.4) is 0 Å². The Kier molecular flexibility index (Phi) is 13.4. The summed E-state index contributed by atoms with van der Waals surface area (Å²) in [7, 11) is 0. The lowest BCUT2D eigenvalue weighted by molar-refractivity contribution is 0.694. The lowest BCUT2D eigenvalue weighted by Crippen LogP contribution is -2.14. The van der Waals surface area contributed by atoms with Gasteiger partial charge in [-0.05, 0) is 119 Å². The normalized spacial score (nSPS) is 11.5. The third-order valence-corrected chi connectivity index (χ3v) is 14.6. The quantitative estimate of drug-likeness (QED) is 0.0957. The Morgan fingerprint density at radius 2 is 0.547 bits per heavy atom. The molecule has 12 rings (SSSR count). The summed E-state index contributed by atoms with van der Waals surface area (Å²) in [5.41, 5.74) is 22.5. The first-order valence-corrected chi connectivity index (χ1v) is 26.0. The monoisotopic (exact) mass is 957 g/mol. The van der Waals surface area contributed by atoms with Crippen LogP contribution in [0.5, 0.6) is 0 Å². The van der Waals surface area contributed by atoms with Crippen LogP contribution in [-0.2, 0) is 0 Å². The molecule has 0 aliphatic rings. The molecule has 0 bridgehead atoms. The third-order valence-electron chi connectivity index (χ3n) is 14.6. The van der Waals surface area contributed by atoms with Crippen molar-refractivity contribution in [3.8, 4) is 50.5 Å². The predicted molar refractivity (Wildman–Crippen MR) is 315 cm³/mol. The van der Waals surface area contributed by atoms with Crippen LogP contribution in [0.4, 0.5) is 0 Å². The van der Waals surface area contributed by atoms with E-state index in [4.69, 9.17) is 0 Å². The van der Waals surface area contributed by atoms with Gasteiger partial charge in [-0.25, -0.2) is 0 Å². The van der Waals surface area contributed by atoms with Crippen LogP contribution in [0.1, 0.15) is 56.3 Å². The number of hydrogen-bond donors (Lipinski definition) is 0. The van der Waals surface area contributed by atoms with Crippen LogP contribution < -0.4 is 0 Å². The third kappa shape index (κ3) is 9.76. The van der Waals surface area contributed by atoms with E-state index < -0.39 is 0 Å². The first kappa shape index (κ1) is 46.5. The van der Waals surface area contributed by atoms with Crippen molar-refractivity contribution in [2.45, 2.75) is 11.8 Å². The Morgan fingerprint density at radius 1 is 0.227 bits per heavy atom. The molecule has 12 aromatic rings. The average molecular weight is 958 g/mol. The second-order valence-electron chi connectivity index (χ2n) is 19.1. The van der Waals surface area contributed by atoms with E-state index >= 15 is 0 Å². The van der Waals surface area contributed by atoms with Gasteiger partial charge in [-0.15, -0.1) is 0 Å². The van der Waals surface area contributed by atoms with Crippen molar-refractivity contribution in [2.24, 2.45) is 0 Å². The lowest BCUT2D eigenvalue weighted by atomic mass is 9.73. The maximum Gasteiger partial charge on any atom is 0.0535 e. The molecule has 0 fully saturated rings. The number of rotatable bonds is 14. The van der Waals surface area contributed by atoms with Gasteiger partial charge in [-0.1, -0.05) is 291 Å². The summed E-state index contributed by atoms with van der Waals surface area (Å²) in [5, 5.41) is 0. The van der Waals surface area contributed by atoms with E-state index in [9.17, 15) is 0 Å².